The molecule has 2 aliphatic rings. The molecule has 0 spiro atoms. The van der Waals surface area contributed by atoms with E-state index >= 15 is 0 Å². The minimum Gasteiger partial charge on any atom is -0.381 e. The van der Waals surface area contributed by atoms with Crippen LogP contribution in [0.1, 0.15) is 6.42 Å². The first kappa shape index (κ1) is 13.0. The van der Waals surface area contributed by atoms with E-state index in [1.54, 1.807) is 6.07 Å². The minimum absolute atomic E-state index is 0.0197. The zero-order valence-corrected chi connectivity index (χ0v) is 11.7. The van der Waals surface area contributed by atoms with Gasteiger partial charge in [0.1, 0.15) is 0 Å². The number of amidine groups is 1. The van der Waals surface area contributed by atoms with E-state index in [1.807, 2.05) is 18.2 Å². The van der Waals surface area contributed by atoms with Gasteiger partial charge in [0.15, 0.2) is 5.17 Å². The first-order valence-corrected chi connectivity index (χ1v) is 7.38. The number of nitrogens with zero attached hydrogens (tertiary/aromatic N) is 1. The summed E-state index contributed by atoms with van der Waals surface area (Å²) < 4.78 is 5.34. The van der Waals surface area contributed by atoms with Gasteiger partial charge in [-0.05, 0) is 18.6 Å². The van der Waals surface area contributed by atoms with Gasteiger partial charge in [0.05, 0.1) is 22.6 Å². The summed E-state index contributed by atoms with van der Waals surface area (Å²) in [6, 6.07) is 7.33. The second-order valence-electron chi connectivity index (χ2n) is 4.52. The summed E-state index contributed by atoms with van der Waals surface area (Å²) in [7, 11) is 0. The number of aliphatic imine (C=N–C) groups is 1. The van der Waals surface area contributed by atoms with Crippen molar-refractivity contribution >= 4 is 40.1 Å². The second kappa shape index (κ2) is 5.53. The molecule has 2 atom stereocenters. The summed E-state index contributed by atoms with van der Waals surface area (Å²) >= 11 is 7.52. The number of rotatable bonds is 2. The van der Waals surface area contributed by atoms with Gasteiger partial charge in [0.2, 0.25) is 5.91 Å². The number of hydrogen-bond donors (Lipinski definition) is 1. The quantitative estimate of drug-likeness (QED) is 0.912. The van der Waals surface area contributed by atoms with Crippen LogP contribution >= 0.6 is 23.4 Å². The maximum Gasteiger partial charge on any atom is 0.239 e. The Morgan fingerprint density at radius 2 is 2.26 bits per heavy atom. The van der Waals surface area contributed by atoms with Crippen molar-refractivity contribution in [2.45, 2.75) is 11.7 Å². The number of carbonyl (C=O) groups is 1. The first-order valence-electron chi connectivity index (χ1n) is 6.12. The lowest BCUT2D eigenvalue weighted by molar-refractivity contribution is -0.119. The van der Waals surface area contributed by atoms with Crippen LogP contribution in [0.25, 0.3) is 0 Å². The second-order valence-corrected chi connectivity index (χ2v) is 6.06. The molecule has 0 radical (unpaired) electrons. The molecule has 2 saturated heterocycles. The summed E-state index contributed by atoms with van der Waals surface area (Å²) in [6.07, 6.45) is 0.935. The van der Waals surface area contributed by atoms with E-state index in [4.69, 9.17) is 16.3 Å². The molecule has 0 aromatic heterocycles. The number of nitrogens with one attached hydrogen (secondary N) is 1. The van der Waals surface area contributed by atoms with Crippen molar-refractivity contribution < 1.29 is 9.53 Å². The zero-order valence-electron chi connectivity index (χ0n) is 10.1. The average molecular weight is 297 g/mol. The molecule has 1 N–H and O–H groups in total. The van der Waals surface area contributed by atoms with E-state index < -0.39 is 0 Å². The Kier molecular flexibility index (Phi) is 3.77. The average Bonchev–Trinajstić information content (AvgIpc) is 3.01. The third-order valence-electron chi connectivity index (χ3n) is 3.19. The highest BCUT2D eigenvalue weighted by Crippen LogP contribution is 2.33. The predicted molar refractivity (Wildman–Crippen MR) is 77.0 cm³/mol. The van der Waals surface area contributed by atoms with Crippen molar-refractivity contribution in [1.29, 1.82) is 0 Å². The predicted octanol–water partition coefficient (Wildman–Crippen LogP) is 2.60. The molecule has 19 heavy (non-hydrogen) atoms. The van der Waals surface area contributed by atoms with Crippen molar-refractivity contribution in [3.63, 3.8) is 0 Å². The number of carbonyl (C=O) groups excluding carboxylic acids is 1. The van der Waals surface area contributed by atoms with Gasteiger partial charge in [-0.1, -0.05) is 35.5 Å². The van der Waals surface area contributed by atoms with Crippen LogP contribution in [0.4, 0.5) is 5.69 Å². The topological polar surface area (TPSA) is 50.7 Å². The number of ether oxygens (including phenoxy) is 1. The molecule has 1 amide bonds. The van der Waals surface area contributed by atoms with Crippen molar-refractivity contribution in [2.75, 3.05) is 13.2 Å². The molecule has 0 aliphatic carbocycles. The van der Waals surface area contributed by atoms with Crippen LogP contribution < -0.4 is 5.32 Å². The lowest BCUT2D eigenvalue weighted by atomic mass is 10.0. The van der Waals surface area contributed by atoms with E-state index in [0.717, 1.165) is 13.0 Å². The molecular weight excluding hydrogens is 284 g/mol. The minimum atomic E-state index is -0.0938. The number of thioether (sulfide) groups is 1. The summed E-state index contributed by atoms with van der Waals surface area (Å²) in [6.45, 7) is 1.40. The highest BCUT2D eigenvalue weighted by Gasteiger charge is 2.38. The molecule has 1 aromatic rings. The lowest BCUT2D eigenvalue weighted by Crippen LogP contribution is -2.30. The molecule has 100 valence electrons. The number of amides is 1. The highest BCUT2D eigenvalue weighted by molar-refractivity contribution is 8.15. The summed E-state index contributed by atoms with van der Waals surface area (Å²) in [4.78, 5) is 16.4. The van der Waals surface area contributed by atoms with E-state index in [2.05, 4.69) is 10.3 Å². The Morgan fingerprint density at radius 1 is 1.42 bits per heavy atom. The maximum absolute atomic E-state index is 11.9. The van der Waals surface area contributed by atoms with E-state index in [0.29, 0.717) is 22.5 Å². The Bertz CT molecular complexity index is 529. The summed E-state index contributed by atoms with van der Waals surface area (Å²) in [5, 5.41) is 3.92. The highest BCUT2D eigenvalue weighted by atomic mass is 35.5. The largest absolute Gasteiger partial charge is 0.381 e. The number of halogens is 1. The van der Waals surface area contributed by atoms with Gasteiger partial charge in [-0.25, -0.2) is 4.99 Å². The van der Waals surface area contributed by atoms with Gasteiger partial charge in [0, 0.05) is 12.5 Å². The first-order chi connectivity index (χ1) is 9.24. The van der Waals surface area contributed by atoms with Crippen LogP contribution in [0.2, 0.25) is 5.02 Å². The van der Waals surface area contributed by atoms with Crippen molar-refractivity contribution in [1.82, 2.24) is 5.32 Å². The van der Waals surface area contributed by atoms with Crippen LogP contribution in [0.15, 0.2) is 29.3 Å². The molecule has 0 bridgehead atoms. The number of para-hydroxylation sites is 1. The molecule has 3 rings (SSSR count). The number of benzene rings is 1. The van der Waals surface area contributed by atoms with Crippen LogP contribution in [0, 0.1) is 5.92 Å². The molecular formula is C13H13ClN2O2S. The fourth-order valence-corrected chi connectivity index (χ4v) is 3.49. The van der Waals surface area contributed by atoms with Crippen LogP contribution in [0.5, 0.6) is 0 Å². The molecule has 0 saturated carbocycles. The molecule has 1 aromatic carbocycles. The Labute approximate surface area is 120 Å². The number of hydrogen-bond acceptors (Lipinski definition) is 4. The summed E-state index contributed by atoms with van der Waals surface area (Å²) in [5.41, 5.74) is 0.676. The molecule has 4 nitrogen and oxygen atoms in total. The van der Waals surface area contributed by atoms with Gasteiger partial charge in [-0.3, -0.25) is 4.79 Å². The van der Waals surface area contributed by atoms with Gasteiger partial charge in [-0.2, -0.15) is 0 Å². The molecule has 2 aliphatic heterocycles. The monoisotopic (exact) mass is 296 g/mol. The Morgan fingerprint density at radius 3 is 3.00 bits per heavy atom. The van der Waals surface area contributed by atoms with Gasteiger partial charge >= 0.3 is 0 Å². The third-order valence-corrected chi connectivity index (χ3v) is 4.78. The van der Waals surface area contributed by atoms with Crippen LogP contribution in [-0.2, 0) is 9.53 Å². The standard InChI is InChI=1S/C13H13ClN2O2S/c14-9-3-1-2-4-10(9)15-13-16-12(17)11(19-13)8-5-6-18-7-8/h1-4,8,11H,5-7H2,(H,15,16,17). The van der Waals surface area contributed by atoms with Gasteiger partial charge in [0.25, 0.3) is 0 Å². The maximum atomic E-state index is 11.9. The van der Waals surface area contributed by atoms with E-state index in [-0.39, 0.29) is 17.1 Å². The fraction of sp³-hybridized carbons (Fsp3) is 0.385. The lowest BCUT2D eigenvalue weighted by Gasteiger charge is -2.10. The van der Waals surface area contributed by atoms with Crippen molar-refractivity contribution in [3.8, 4) is 0 Å². The summed E-state index contributed by atoms with van der Waals surface area (Å²) in [5.74, 6) is 0.301. The Hall–Kier alpha value is -1.04. The van der Waals surface area contributed by atoms with Crippen molar-refractivity contribution in [3.05, 3.63) is 29.3 Å². The zero-order chi connectivity index (χ0) is 13.2. The van der Waals surface area contributed by atoms with Gasteiger partial charge < -0.3 is 10.1 Å². The fourth-order valence-electron chi connectivity index (χ4n) is 2.19. The SMILES string of the molecule is O=C1NC(=Nc2ccccc2Cl)SC1C1CCOC1. The van der Waals surface area contributed by atoms with Crippen LogP contribution in [-0.4, -0.2) is 29.5 Å². The Balaban J connectivity index is 1.77. The van der Waals surface area contributed by atoms with E-state index in [9.17, 15) is 4.79 Å². The molecule has 2 fully saturated rings. The molecule has 2 heterocycles. The molecule has 6 heteroatoms. The van der Waals surface area contributed by atoms with E-state index in [1.165, 1.54) is 11.8 Å². The smallest absolute Gasteiger partial charge is 0.239 e. The van der Waals surface area contributed by atoms with Gasteiger partial charge in [-0.15, -0.1) is 0 Å². The normalized spacial score (nSPS) is 28.9. The van der Waals surface area contributed by atoms with Crippen LogP contribution in [0.3, 0.4) is 0 Å². The third kappa shape index (κ3) is 2.78. The van der Waals surface area contributed by atoms with Crippen molar-refractivity contribution in [2.24, 2.45) is 10.9 Å². The molecule has 2 unspecified atom stereocenters.